The Labute approximate surface area is 120 Å². The van der Waals surface area contributed by atoms with Crippen LogP contribution in [0.4, 0.5) is 17.1 Å². The van der Waals surface area contributed by atoms with Crippen LogP contribution in [-0.2, 0) is 11.2 Å². The Morgan fingerprint density at radius 1 is 1.40 bits per heavy atom. The van der Waals surface area contributed by atoms with E-state index in [1.165, 1.54) is 24.8 Å². The summed E-state index contributed by atoms with van der Waals surface area (Å²) in [5.41, 5.74) is 10.2. The maximum Gasteiger partial charge on any atom is 0.224 e. The van der Waals surface area contributed by atoms with Gasteiger partial charge in [-0.3, -0.25) is 4.79 Å². The maximum atomic E-state index is 11.4. The molecule has 0 saturated carbocycles. The minimum absolute atomic E-state index is 0.0915. The summed E-state index contributed by atoms with van der Waals surface area (Å²) in [7, 11) is 0. The number of carbonyl (C=O) groups is 1. The third-order valence-corrected chi connectivity index (χ3v) is 4.47. The number of amides is 1. The van der Waals surface area contributed by atoms with Gasteiger partial charge in [-0.05, 0) is 42.9 Å². The lowest BCUT2D eigenvalue weighted by Gasteiger charge is -2.25. The number of benzene rings is 1. The number of carbonyl (C=O) groups excluding carboxylic acids is 1. The summed E-state index contributed by atoms with van der Waals surface area (Å²) in [6, 6.07) is 4.10. The van der Waals surface area contributed by atoms with Gasteiger partial charge < -0.3 is 16.0 Å². The van der Waals surface area contributed by atoms with E-state index in [-0.39, 0.29) is 5.91 Å². The van der Waals surface area contributed by atoms with Crippen LogP contribution in [0, 0.1) is 5.92 Å². The van der Waals surface area contributed by atoms with Crippen molar-refractivity contribution in [1.82, 2.24) is 0 Å². The molecule has 1 aromatic rings. The number of nitrogen functional groups attached to an aromatic ring is 1. The maximum absolute atomic E-state index is 11.4. The van der Waals surface area contributed by atoms with Gasteiger partial charge in [0.25, 0.3) is 0 Å². The van der Waals surface area contributed by atoms with Gasteiger partial charge in [0.2, 0.25) is 5.91 Å². The van der Waals surface area contributed by atoms with Crippen LogP contribution in [0.3, 0.4) is 0 Å². The Morgan fingerprint density at radius 2 is 2.25 bits per heavy atom. The van der Waals surface area contributed by atoms with Crippen molar-refractivity contribution in [3.63, 3.8) is 0 Å². The number of rotatable bonds is 3. The molecule has 3 N–H and O–H groups in total. The van der Waals surface area contributed by atoms with Crippen LogP contribution >= 0.6 is 0 Å². The molecule has 2 aliphatic rings. The highest BCUT2D eigenvalue weighted by molar-refractivity contribution is 5.95. The first-order valence-electron chi connectivity index (χ1n) is 7.64. The molecule has 0 aliphatic carbocycles. The molecule has 4 nitrogen and oxygen atoms in total. The van der Waals surface area contributed by atoms with E-state index in [2.05, 4.69) is 23.2 Å². The van der Waals surface area contributed by atoms with Crippen molar-refractivity contribution in [1.29, 1.82) is 0 Å². The average Bonchev–Trinajstić information content (AvgIpc) is 2.86. The quantitative estimate of drug-likeness (QED) is 0.833. The molecule has 1 fully saturated rings. The number of nitrogens with two attached hydrogens (primary N) is 1. The van der Waals surface area contributed by atoms with Gasteiger partial charge in [-0.2, -0.15) is 0 Å². The average molecular weight is 273 g/mol. The molecule has 1 amide bonds. The highest BCUT2D eigenvalue weighted by Crippen LogP contribution is 2.36. The predicted octanol–water partition coefficient (Wildman–Crippen LogP) is 2.78. The van der Waals surface area contributed by atoms with Crippen molar-refractivity contribution in [2.45, 2.75) is 39.0 Å². The third-order valence-electron chi connectivity index (χ3n) is 4.47. The molecule has 1 unspecified atom stereocenters. The van der Waals surface area contributed by atoms with E-state index in [1.807, 2.05) is 6.07 Å². The van der Waals surface area contributed by atoms with E-state index in [4.69, 9.17) is 5.73 Å². The zero-order chi connectivity index (χ0) is 14.1. The molecule has 2 heterocycles. The minimum atomic E-state index is 0.0915. The summed E-state index contributed by atoms with van der Waals surface area (Å²) in [6.45, 7) is 4.46. The summed E-state index contributed by atoms with van der Waals surface area (Å²) >= 11 is 0. The molecule has 0 bridgehead atoms. The fourth-order valence-corrected chi connectivity index (χ4v) is 3.40. The summed E-state index contributed by atoms with van der Waals surface area (Å²) in [6.07, 6.45) is 5.22. The molecule has 3 rings (SSSR count). The first-order valence-corrected chi connectivity index (χ1v) is 7.64. The first-order chi connectivity index (χ1) is 9.67. The van der Waals surface area contributed by atoms with Crippen LogP contribution < -0.4 is 16.0 Å². The Morgan fingerprint density at radius 3 is 3.05 bits per heavy atom. The van der Waals surface area contributed by atoms with Gasteiger partial charge in [-0.15, -0.1) is 0 Å². The minimum Gasteiger partial charge on any atom is -0.397 e. The first kappa shape index (κ1) is 13.3. The zero-order valence-electron chi connectivity index (χ0n) is 12.1. The van der Waals surface area contributed by atoms with Crippen LogP contribution in [0.25, 0.3) is 0 Å². The molecule has 1 aromatic carbocycles. The van der Waals surface area contributed by atoms with Gasteiger partial charge in [0.15, 0.2) is 0 Å². The van der Waals surface area contributed by atoms with Gasteiger partial charge in [0, 0.05) is 25.2 Å². The second-order valence-electron chi connectivity index (χ2n) is 6.01. The van der Waals surface area contributed by atoms with Crippen molar-refractivity contribution >= 4 is 23.0 Å². The normalized spacial score (nSPS) is 21.8. The van der Waals surface area contributed by atoms with Crippen molar-refractivity contribution in [2.24, 2.45) is 5.92 Å². The Balaban J connectivity index is 1.82. The number of hydrogen-bond acceptors (Lipinski definition) is 3. The molecule has 0 radical (unpaired) electrons. The van der Waals surface area contributed by atoms with Gasteiger partial charge >= 0.3 is 0 Å². The summed E-state index contributed by atoms with van der Waals surface area (Å²) < 4.78 is 0. The highest BCUT2D eigenvalue weighted by atomic mass is 16.1. The third kappa shape index (κ3) is 2.47. The second kappa shape index (κ2) is 5.35. The van der Waals surface area contributed by atoms with E-state index in [0.717, 1.165) is 42.5 Å². The van der Waals surface area contributed by atoms with Gasteiger partial charge in [0.1, 0.15) is 0 Å². The molecular formula is C16H23N3O. The lowest BCUT2D eigenvalue weighted by Crippen LogP contribution is -2.23. The number of anilines is 3. The SMILES string of the molecule is CCCC1CCN(c2cc3c(cc2N)NC(=O)CC3)C1. The van der Waals surface area contributed by atoms with Gasteiger partial charge in [-0.25, -0.2) is 0 Å². The van der Waals surface area contributed by atoms with Crippen molar-refractivity contribution in [3.05, 3.63) is 17.7 Å². The van der Waals surface area contributed by atoms with Gasteiger partial charge in [0.05, 0.1) is 11.4 Å². The monoisotopic (exact) mass is 273 g/mol. The molecule has 0 aromatic heterocycles. The van der Waals surface area contributed by atoms with Gasteiger partial charge in [-0.1, -0.05) is 13.3 Å². The largest absolute Gasteiger partial charge is 0.397 e. The molecule has 4 heteroatoms. The molecule has 1 saturated heterocycles. The summed E-state index contributed by atoms with van der Waals surface area (Å²) in [5.74, 6) is 0.893. The fourth-order valence-electron chi connectivity index (χ4n) is 3.40. The Bertz CT molecular complexity index is 527. The molecule has 20 heavy (non-hydrogen) atoms. The molecule has 1 atom stereocenters. The molecule has 0 spiro atoms. The van der Waals surface area contributed by atoms with E-state index >= 15 is 0 Å². The van der Waals surface area contributed by atoms with Crippen LogP contribution in [0.1, 0.15) is 38.2 Å². The van der Waals surface area contributed by atoms with Crippen molar-refractivity contribution in [2.75, 3.05) is 29.0 Å². The number of nitrogens with zero attached hydrogens (tertiary/aromatic N) is 1. The number of hydrogen-bond donors (Lipinski definition) is 2. The van der Waals surface area contributed by atoms with E-state index < -0.39 is 0 Å². The van der Waals surface area contributed by atoms with Crippen LogP contribution in [-0.4, -0.2) is 19.0 Å². The smallest absolute Gasteiger partial charge is 0.224 e. The topological polar surface area (TPSA) is 58.4 Å². The van der Waals surface area contributed by atoms with Crippen LogP contribution in [0.2, 0.25) is 0 Å². The molecular weight excluding hydrogens is 250 g/mol. The number of aryl methyl sites for hydroxylation is 1. The second-order valence-corrected chi connectivity index (χ2v) is 6.01. The predicted molar refractivity (Wildman–Crippen MR) is 83.0 cm³/mol. The number of fused-ring (bicyclic) bond motifs is 1. The summed E-state index contributed by atoms with van der Waals surface area (Å²) in [4.78, 5) is 13.8. The lowest BCUT2D eigenvalue weighted by atomic mass is 10.0. The standard InChI is InChI=1S/C16H23N3O/c1-2-3-11-6-7-19(10-11)15-8-12-4-5-16(20)18-14(12)9-13(15)17/h8-9,11H,2-7,10,17H2,1H3,(H,18,20). The van der Waals surface area contributed by atoms with E-state index in [1.54, 1.807) is 0 Å². The lowest BCUT2D eigenvalue weighted by molar-refractivity contribution is -0.116. The van der Waals surface area contributed by atoms with E-state index in [9.17, 15) is 4.79 Å². The number of nitrogens with one attached hydrogen (secondary N) is 1. The van der Waals surface area contributed by atoms with Crippen molar-refractivity contribution in [3.8, 4) is 0 Å². The Kier molecular flexibility index (Phi) is 3.55. The Hall–Kier alpha value is -1.71. The molecule has 108 valence electrons. The fraction of sp³-hybridized carbons (Fsp3) is 0.562. The van der Waals surface area contributed by atoms with E-state index in [0.29, 0.717) is 6.42 Å². The highest BCUT2D eigenvalue weighted by Gasteiger charge is 2.25. The van der Waals surface area contributed by atoms with Crippen molar-refractivity contribution < 1.29 is 4.79 Å². The zero-order valence-corrected chi connectivity index (χ0v) is 12.1. The van der Waals surface area contributed by atoms with Crippen LogP contribution in [0.15, 0.2) is 12.1 Å². The molecule has 2 aliphatic heterocycles. The van der Waals surface area contributed by atoms with Crippen LogP contribution in [0.5, 0.6) is 0 Å². The summed E-state index contributed by atoms with van der Waals surface area (Å²) in [5, 5.41) is 2.91.